The molecule has 0 saturated carbocycles. The summed E-state index contributed by atoms with van der Waals surface area (Å²) in [6.07, 6.45) is 4.33. The number of carbonyl (C=O) groups is 1. The Hall–Kier alpha value is -4.39. The zero-order valence-electron chi connectivity index (χ0n) is 18.7. The number of nitrogens with zero attached hydrogens (tertiary/aromatic N) is 2. The number of nitro groups is 1. The van der Waals surface area contributed by atoms with E-state index in [2.05, 4.69) is 0 Å². The Morgan fingerprint density at radius 2 is 1.77 bits per heavy atom. The lowest BCUT2D eigenvalue weighted by molar-refractivity contribution is -0.384. The van der Waals surface area contributed by atoms with Crippen molar-refractivity contribution in [3.05, 3.63) is 117 Å². The SMILES string of the molecule is O=C(OCc1ccc([N+](=O)[O-])cc1)c1c2c(nc3ccccc13)C(=Cc1ccc(F)cc1)CCC2. The van der Waals surface area contributed by atoms with Crippen molar-refractivity contribution in [1.82, 2.24) is 4.98 Å². The predicted octanol–water partition coefficient (Wildman–Crippen LogP) is 6.52. The van der Waals surface area contributed by atoms with Crippen LogP contribution in [-0.4, -0.2) is 15.9 Å². The Morgan fingerprint density at radius 3 is 2.51 bits per heavy atom. The molecule has 1 aliphatic rings. The molecule has 7 heteroatoms. The molecular formula is C28H21FN2O4. The smallest absolute Gasteiger partial charge is 0.339 e. The molecule has 0 unspecified atom stereocenters. The lowest BCUT2D eigenvalue weighted by Crippen LogP contribution is -2.15. The van der Waals surface area contributed by atoms with E-state index < -0.39 is 10.9 Å². The van der Waals surface area contributed by atoms with Crippen molar-refractivity contribution in [1.29, 1.82) is 0 Å². The number of esters is 1. The van der Waals surface area contributed by atoms with Crippen molar-refractivity contribution in [2.75, 3.05) is 0 Å². The number of benzene rings is 3. The first-order valence-electron chi connectivity index (χ1n) is 11.3. The van der Waals surface area contributed by atoms with E-state index in [1.165, 1.54) is 24.3 Å². The number of aromatic nitrogens is 1. The van der Waals surface area contributed by atoms with Crippen molar-refractivity contribution < 1.29 is 18.8 Å². The molecule has 1 heterocycles. The molecule has 6 nitrogen and oxygen atoms in total. The monoisotopic (exact) mass is 468 g/mol. The Balaban J connectivity index is 1.52. The van der Waals surface area contributed by atoms with Crippen LogP contribution in [0.4, 0.5) is 10.1 Å². The zero-order chi connectivity index (χ0) is 24.4. The van der Waals surface area contributed by atoms with Crippen LogP contribution in [0.3, 0.4) is 0 Å². The fraction of sp³-hybridized carbons (Fsp3) is 0.143. The lowest BCUT2D eigenvalue weighted by atomic mass is 9.86. The number of pyridine rings is 1. The summed E-state index contributed by atoms with van der Waals surface area (Å²) < 4.78 is 19.0. The van der Waals surface area contributed by atoms with Gasteiger partial charge in [-0.3, -0.25) is 10.1 Å². The number of allylic oxidation sites excluding steroid dienone is 1. The molecule has 1 aromatic heterocycles. The van der Waals surface area contributed by atoms with E-state index in [0.29, 0.717) is 23.1 Å². The molecule has 0 aliphatic heterocycles. The van der Waals surface area contributed by atoms with E-state index in [1.807, 2.05) is 30.3 Å². The van der Waals surface area contributed by atoms with Crippen LogP contribution in [0.5, 0.6) is 0 Å². The van der Waals surface area contributed by atoms with Gasteiger partial charge in [0, 0.05) is 17.5 Å². The average Bonchev–Trinajstić information content (AvgIpc) is 2.87. The van der Waals surface area contributed by atoms with Crippen molar-refractivity contribution in [2.24, 2.45) is 0 Å². The molecule has 0 saturated heterocycles. The van der Waals surface area contributed by atoms with Crippen LogP contribution in [0.15, 0.2) is 72.8 Å². The van der Waals surface area contributed by atoms with Gasteiger partial charge < -0.3 is 4.74 Å². The van der Waals surface area contributed by atoms with E-state index in [4.69, 9.17) is 9.72 Å². The van der Waals surface area contributed by atoms with Gasteiger partial charge in [-0.05, 0) is 77.9 Å². The van der Waals surface area contributed by atoms with E-state index in [-0.39, 0.29) is 18.1 Å². The maximum atomic E-state index is 13.4. The maximum absolute atomic E-state index is 13.4. The van der Waals surface area contributed by atoms with Gasteiger partial charge in [0.2, 0.25) is 0 Å². The minimum absolute atomic E-state index is 0.000522. The molecule has 5 rings (SSSR count). The first-order valence-corrected chi connectivity index (χ1v) is 11.3. The minimum Gasteiger partial charge on any atom is -0.457 e. The molecule has 0 bridgehead atoms. The van der Waals surface area contributed by atoms with Gasteiger partial charge in [-0.2, -0.15) is 0 Å². The third-order valence-electron chi connectivity index (χ3n) is 6.10. The summed E-state index contributed by atoms with van der Waals surface area (Å²) in [6.45, 7) is 0.000522. The third-order valence-corrected chi connectivity index (χ3v) is 6.10. The molecule has 0 atom stereocenters. The van der Waals surface area contributed by atoms with Gasteiger partial charge in [0.05, 0.1) is 21.7 Å². The number of rotatable bonds is 5. The third kappa shape index (κ3) is 4.66. The van der Waals surface area contributed by atoms with Crippen LogP contribution in [0.2, 0.25) is 0 Å². The molecule has 4 aromatic rings. The summed E-state index contributed by atoms with van der Waals surface area (Å²) >= 11 is 0. The molecular weight excluding hydrogens is 447 g/mol. The molecule has 3 aromatic carbocycles. The summed E-state index contributed by atoms with van der Waals surface area (Å²) in [7, 11) is 0. The molecule has 0 fully saturated rings. The van der Waals surface area contributed by atoms with Gasteiger partial charge in [0.15, 0.2) is 0 Å². The number of halogens is 1. The maximum Gasteiger partial charge on any atom is 0.339 e. The number of carbonyl (C=O) groups excluding carboxylic acids is 1. The number of nitro benzene ring substituents is 1. The van der Waals surface area contributed by atoms with Gasteiger partial charge in [-0.15, -0.1) is 0 Å². The Labute approximate surface area is 200 Å². The van der Waals surface area contributed by atoms with Crippen LogP contribution in [0, 0.1) is 15.9 Å². The van der Waals surface area contributed by atoms with Crippen molar-refractivity contribution >= 4 is 34.2 Å². The van der Waals surface area contributed by atoms with Crippen molar-refractivity contribution in [2.45, 2.75) is 25.9 Å². The number of fused-ring (bicyclic) bond motifs is 2. The van der Waals surface area contributed by atoms with Crippen LogP contribution < -0.4 is 0 Å². The fourth-order valence-electron chi connectivity index (χ4n) is 4.40. The highest BCUT2D eigenvalue weighted by Crippen LogP contribution is 2.36. The van der Waals surface area contributed by atoms with Gasteiger partial charge in [-0.1, -0.05) is 30.3 Å². The topological polar surface area (TPSA) is 82.3 Å². The first-order chi connectivity index (χ1) is 17.0. The molecule has 0 radical (unpaired) electrons. The largest absolute Gasteiger partial charge is 0.457 e. The van der Waals surface area contributed by atoms with Crippen LogP contribution >= 0.6 is 0 Å². The highest BCUT2D eigenvalue weighted by atomic mass is 19.1. The molecule has 1 aliphatic carbocycles. The first kappa shape index (κ1) is 22.4. The zero-order valence-corrected chi connectivity index (χ0v) is 18.7. The molecule has 0 amide bonds. The predicted molar refractivity (Wildman–Crippen MR) is 131 cm³/mol. The molecule has 174 valence electrons. The second kappa shape index (κ2) is 9.46. The fourth-order valence-corrected chi connectivity index (χ4v) is 4.40. The van der Waals surface area contributed by atoms with Gasteiger partial charge in [-0.25, -0.2) is 14.2 Å². The minimum atomic E-state index is -0.470. The highest BCUT2D eigenvalue weighted by molar-refractivity contribution is 6.06. The van der Waals surface area contributed by atoms with Crippen LogP contribution in [0.25, 0.3) is 22.6 Å². The van der Waals surface area contributed by atoms with E-state index in [0.717, 1.165) is 40.6 Å². The van der Waals surface area contributed by atoms with Gasteiger partial charge >= 0.3 is 5.97 Å². The summed E-state index contributed by atoms with van der Waals surface area (Å²) in [6, 6.07) is 19.7. The number of non-ortho nitro benzene ring substituents is 1. The summed E-state index contributed by atoms with van der Waals surface area (Å²) in [5, 5.41) is 11.6. The lowest BCUT2D eigenvalue weighted by Gasteiger charge is -2.22. The number of para-hydroxylation sites is 1. The number of hydrogen-bond donors (Lipinski definition) is 0. The quantitative estimate of drug-likeness (QED) is 0.189. The summed E-state index contributed by atoms with van der Waals surface area (Å²) in [4.78, 5) is 28.7. The molecule has 0 spiro atoms. The molecule has 35 heavy (non-hydrogen) atoms. The highest BCUT2D eigenvalue weighted by Gasteiger charge is 2.26. The Morgan fingerprint density at radius 1 is 1.03 bits per heavy atom. The van der Waals surface area contributed by atoms with Gasteiger partial charge in [0.25, 0.3) is 5.69 Å². The molecule has 0 N–H and O–H groups in total. The Bertz CT molecular complexity index is 1460. The van der Waals surface area contributed by atoms with E-state index >= 15 is 0 Å². The number of ether oxygens (including phenoxy) is 1. The standard InChI is InChI=1S/C28H21FN2O4/c29-21-12-8-18(9-13-21)16-20-4-3-6-24-26(23-5-1-2-7-25(23)30-27(20)24)28(32)35-17-19-10-14-22(15-11-19)31(33)34/h1-2,5,7-16H,3-4,6,17H2. The number of hydrogen-bond acceptors (Lipinski definition) is 5. The van der Waals surface area contributed by atoms with E-state index in [9.17, 15) is 19.3 Å². The van der Waals surface area contributed by atoms with Crippen molar-refractivity contribution in [3.63, 3.8) is 0 Å². The van der Waals surface area contributed by atoms with Gasteiger partial charge in [0.1, 0.15) is 12.4 Å². The van der Waals surface area contributed by atoms with Crippen molar-refractivity contribution in [3.8, 4) is 0 Å². The second-order valence-corrected chi connectivity index (χ2v) is 8.41. The second-order valence-electron chi connectivity index (χ2n) is 8.41. The van der Waals surface area contributed by atoms with Crippen LogP contribution in [-0.2, 0) is 17.8 Å². The Kier molecular flexibility index (Phi) is 6.06. The summed E-state index contributed by atoms with van der Waals surface area (Å²) in [5.74, 6) is -0.750. The normalized spacial score (nSPS) is 14.0. The van der Waals surface area contributed by atoms with E-state index in [1.54, 1.807) is 24.3 Å². The summed E-state index contributed by atoms with van der Waals surface area (Å²) in [5.41, 5.74) is 5.30. The van der Waals surface area contributed by atoms with Crippen LogP contribution in [0.1, 0.15) is 45.6 Å². The average molecular weight is 468 g/mol.